The van der Waals surface area contributed by atoms with E-state index in [0.717, 1.165) is 13.1 Å². The Kier molecular flexibility index (Phi) is 21.0. The molecule has 5 N–H and O–H groups in total. The number of amides is 2. The minimum atomic E-state index is -1.57. The van der Waals surface area contributed by atoms with Gasteiger partial charge in [0.2, 0.25) is 0 Å². The predicted octanol–water partition coefficient (Wildman–Crippen LogP) is 5.94. The van der Waals surface area contributed by atoms with Crippen molar-refractivity contribution in [3.63, 3.8) is 0 Å². The molecule has 0 unspecified atom stereocenters. The number of halogens is 2. The molecule has 468 valence electrons. The SMILES string of the molecule is CC[C@H]1OC(=O)[C@H](C)[C@@H](O[C@H]2C[C@@](C)(OC)[C@@H](O)[C@H](C)O2)[C@H](C)[C@@H](O[C@@H]2O[C@H](C)C[C@H](N(C)CN3CCOCC3)[C@H]2O)[C@](C)(OC)C[C@@H](C)C(=O)[C@H](C)[C@H]2N(CCCn3cnc4c(N)ncc(C(=O)Nc5c(Cl)cncc5Cl)c43)C(=O)O[C@]12C. The van der Waals surface area contributed by atoms with Crippen LogP contribution in [-0.4, -0.2) is 213 Å². The summed E-state index contributed by atoms with van der Waals surface area (Å²) in [6, 6.07) is -1.37. The Morgan fingerprint density at radius 1 is 0.917 bits per heavy atom. The first-order chi connectivity index (χ1) is 39.7. The number of nitrogens with one attached hydrogen (secondary N) is 1. The van der Waals surface area contributed by atoms with Crippen LogP contribution in [-0.2, 0) is 58.8 Å². The maximum absolute atomic E-state index is 15.5. The van der Waals surface area contributed by atoms with E-state index in [2.05, 4.69) is 30.1 Å². The van der Waals surface area contributed by atoms with Crippen molar-refractivity contribution >= 4 is 69.5 Å². The van der Waals surface area contributed by atoms with E-state index >= 15 is 9.59 Å². The maximum Gasteiger partial charge on any atom is 0.410 e. The fourth-order valence-electron chi connectivity index (χ4n) is 13.5. The van der Waals surface area contributed by atoms with Crippen LogP contribution in [0.5, 0.6) is 0 Å². The lowest BCUT2D eigenvalue weighted by molar-refractivity contribution is -0.320. The summed E-state index contributed by atoms with van der Waals surface area (Å²) in [5, 5.41) is 26.6. The second-order valence-electron chi connectivity index (χ2n) is 24.3. The predicted molar refractivity (Wildman–Crippen MR) is 310 cm³/mol. The molecule has 5 saturated heterocycles. The summed E-state index contributed by atoms with van der Waals surface area (Å²) in [4.78, 5) is 77.8. The van der Waals surface area contributed by atoms with Crippen LogP contribution >= 0.6 is 23.2 Å². The maximum atomic E-state index is 15.5. The number of nitrogens with two attached hydrogens (primary N) is 1. The summed E-state index contributed by atoms with van der Waals surface area (Å²) in [5.74, 6) is -5.00. The van der Waals surface area contributed by atoms with E-state index in [-0.39, 0.29) is 89.3 Å². The minimum Gasteiger partial charge on any atom is -0.458 e. The van der Waals surface area contributed by atoms with Gasteiger partial charge in [-0.05, 0) is 74.3 Å². The Bertz CT molecular complexity index is 2800. The molecular formula is C58H87Cl2N9O15. The quantitative estimate of drug-likeness (QED) is 0.121. The van der Waals surface area contributed by atoms with Gasteiger partial charge in [-0.2, -0.15) is 0 Å². The van der Waals surface area contributed by atoms with E-state index in [1.807, 2.05) is 41.7 Å². The first-order valence-corrected chi connectivity index (χ1v) is 30.0. The molecule has 0 aliphatic carbocycles. The number of aryl methyl sites for hydroxylation is 1. The third-order valence-corrected chi connectivity index (χ3v) is 18.9. The number of fused-ring (bicyclic) bond motifs is 2. The number of methoxy groups -OCH3 is 2. The molecule has 0 saturated carbocycles. The van der Waals surface area contributed by atoms with Gasteiger partial charge in [-0.3, -0.25) is 29.2 Å². The molecule has 5 fully saturated rings. The molecule has 24 nitrogen and oxygen atoms in total. The largest absolute Gasteiger partial charge is 0.458 e. The Morgan fingerprint density at radius 2 is 1.60 bits per heavy atom. The second-order valence-corrected chi connectivity index (χ2v) is 25.1. The fourth-order valence-corrected chi connectivity index (χ4v) is 14.0. The number of pyridine rings is 2. The molecule has 3 aromatic heterocycles. The van der Waals surface area contributed by atoms with Crippen LogP contribution in [0, 0.1) is 23.7 Å². The van der Waals surface area contributed by atoms with Crippen LogP contribution in [0.2, 0.25) is 10.0 Å². The Hall–Kier alpha value is -4.41. The number of nitrogen functional groups attached to an aromatic ring is 1. The summed E-state index contributed by atoms with van der Waals surface area (Å²) >= 11 is 12.7. The zero-order chi connectivity index (χ0) is 61.3. The highest BCUT2D eigenvalue weighted by Gasteiger charge is 2.61. The Labute approximate surface area is 501 Å². The number of likely N-dealkylation sites (N-methyl/N-ethyl adjacent to an activating group) is 1. The number of carbonyl (C=O) groups excluding carboxylic acids is 4. The number of nitrogens with zero attached hydrogens (tertiary/aromatic N) is 7. The monoisotopic (exact) mass is 1220 g/mol. The molecule has 0 aromatic carbocycles. The van der Waals surface area contributed by atoms with Crippen LogP contribution in [0.1, 0.15) is 112 Å². The molecule has 26 heteroatoms. The first-order valence-electron chi connectivity index (χ1n) is 29.2. The smallest absolute Gasteiger partial charge is 0.410 e. The van der Waals surface area contributed by atoms with Crippen molar-refractivity contribution in [3.05, 3.63) is 40.5 Å². The van der Waals surface area contributed by atoms with Gasteiger partial charge >= 0.3 is 12.1 Å². The van der Waals surface area contributed by atoms with Crippen molar-refractivity contribution in [2.45, 2.75) is 192 Å². The summed E-state index contributed by atoms with van der Waals surface area (Å²) in [5.41, 5.74) is 3.15. The van der Waals surface area contributed by atoms with Crippen molar-refractivity contribution in [1.82, 2.24) is 34.2 Å². The van der Waals surface area contributed by atoms with Crippen LogP contribution in [0.15, 0.2) is 24.9 Å². The zero-order valence-corrected chi connectivity index (χ0v) is 52.1. The highest BCUT2D eigenvalue weighted by atomic mass is 35.5. The number of ketones is 1. The van der Waals surface area contributed by atoms with Gasteiger partial charge in [-0.15, -0.1) is 0 Å². The lowest BCUT2D eigenvalue weighted by Gasteiger charge is -2.50. The van der Waals surface area contributed by atoms with Gasteiger partial charge in [0.05, 0.1) is 101 Å². The molecule has 8 heterocycles. The number of cyclic esters (lactones) is 1. The fraction of sp³-hybridized carbons (Fsp3) is 0.741. The van der Waals surface area contributed by atoms with Crippen LogP contribution in [0.3, 0.4) is 0 Å². The minimum absolute atomic E-state index is 0.0503. The number of rotatable bonds is 16. The molecule has 3 aromatic rings. The van der Waals surface area contributed by atoms with Crippen molar-refractivity contribution in [2.75, 3.05) is 71.8 Å². The van der Waals surface area contributed by atoms with Crippen molar-refractivity contribution in [1.29, 1.82) is 0 Å². The number of Topliss-reactive ketones (excluding diaryl/α,β-unsaturated/α-hetero) is 1. The topological polar surface area (TPSA) is 283 Å². The van der Waals surface area contributed by atoms with E-state index in [0.29, 0.717) is 31.8 Å². The van der Waals surface area contributed by atoms with Gasteiger partial charge in [0.25, 0.3) is 5.91 Å². The molecule has 5 aliphatic heterocycles. The standard InChI is InChI=1S/C58H87Cl2N9O15/c1-14-40-58(10)48(69(55(75)84-58)17-15-16-68-28-64-43-44(68)36(25-63-51(43)61)52(73)65-42-37(59)26-62-27-38(42)60)32(4)45(70)30(2)23-57(9,77-13)50(83-54-46(71)39(22-31(3)79-54)66(11)29-67-18-20-78-21-19-67)33(5)47(34(6)53(74)81-40)82-41-24-56(8,76-12)49(72)35(7)80-41/h25-28,30-35,39-41,46-50,54,71-72H,14-24,29H2,1-13H3,(H2,61,63)(H,62,65,73)/t30-,31-,32+,33+,34-,35+,39+,40-,41+,46-,47+,48-,49+,50-,54+,56-,57-,58-/m1/s1. The number of aliphatic hydroxyl groups is 2. The Balaban J connectivity index is 1.14. The van der Waals surface area contributed by atoms with Crippen LogP contribution in [0.25, 0.3) is 11.0 Å². The summed E-state index contributed by atoms with van der Waals surface area (Å²) in [6.07, 6.45) is -2.80. The normalized spacial score (nSPS) is 36.8. The van der Waals surface area contributed by atoms with Gasteiger partial charge in [0, 0.05) is 89.2 Å². The van der Waals surface area contributed by atoms with Gasteiger partial charge < -0.3 is 73.4 Å². The van der Waals surface area contributed by atoms with Crippen LogP contribution in [0.4, 0.5) is 16.3 Å². The molecular weight excluding hydrogens is 1130 g/mol. The molecule has 8 rings (SSSR count). The number of aliphatic hydroxyl groups excluding tert-OH is 2. The summed E-state index contributed by atoms with van der Waals surface area (Å²) in [6.45, 7) is 21.4. The number of ether oxygens (including phenoxy) is 9. The number of anilines is 2. The molecule has 0 radical (unpaired) electrons. The highest BCUT2D eigenvalue weighted by Crippen LogP contribution is 2.45. The Morgan fingerprint density at radius 3 is 2.25 bits per heavy atom. The third kappa shape index (κ3) is 13.4. The number of morpholine rings is 1. The number of esters is 1. The van der Waals surface area contributed by atoms with E-state index in [4.69, 9.17) is 71.6 Å². The second kappa shape index (κ2) is 26.9. The van der Waals surface area contributed by atoms with Crippen molar-refractivity contribution < 1.29 is 72.0 Å². The van der Waals surface area contributed by atoms with Crippen molar-refractivity contribution in [2.24, 2.45) is 23.7 Å². The van der Waals surface area contributed by atoms with Crippen LogP contribution < -0.4 is 11.1 Å². The number of carbonyl (C=O) groups is 4. The van der Waals surface area contributed by atoms with Gasteiger partial charge in [-0.1, -0.05) is 50.9 Å². The van der Waals surface area contributed by atoms with E-state index in [9.17, 15) is 19.8 Å². The lowest BCUT2D eigenvalue weighted by Crippen LogP contribution is -2.62. The average Bonchev–Trinajstić information content (AvgIpc) is 2.02. The molecule has 18 atom stereocenters. The number of hydrogen-bond donors (Lipinski definition) is 4. The van der Waals surface area contributed by atoms with E-state index < -0.39 is 114 Å². The van der Waals surface area contributed by atoms with Gasteiger partial charge in [0.15, 0.2) is 24.0 Å². The third-order valence-electron chi connectivity index (χ3n) is 18.4. The molecule has 2 amide bonds. The lowest BCUT2D eigenvalue weighted by atomic mass is 9.73. The molecule has 84 heavy (non-hydrogen) atoms. The van der Waals surface area contributed by atoms with Crippen molar-refractivity contribution in [3.8, 4) is 0 Å². The molecule has 0 bridgehead atoms. The average molecular weight is 1220 g/mol. The van der Waals surface area contributed by atoms with E-state index in [1.54, 1.807) is 39.2 Å². The zero-order valence-electron chi connectivity index (χ0n) is 50.6. The number of imidazole rings is 1. The number of hydrogen-bond acceptors (Lipinski definition) is 21. The summed E-state index contributed by atoms with van der Waals surface area (Å²) < 4.78 is 59.8. The molecule has 0 spiro atoms. The highest BCUT2D eigenvalue weighted by molar-refractivity contribution is 6.39. The molecule has 5 aliphatic rings. The summed E-state index contributed by atoms with van der Waals surface area (Å²) in [7, 11) is 5.00. The van der Waals surface area contributed by atoms with E-state index in [1.165, 1.54) is 44.0 Å². The van der Waals surface area contributed by atoms with Gasteiger partial charge in [0.1, 0.15) is 29.6 Å². The first kappa shape index (κ1) is 65.6. The number of aromatic nitrogens is 4. The van der Waals surface area contributed by atoms with Gasteiger partial charge in [-0.25, -0.2) is 14.8 Å².